The molecule has 1 atom stereocenters. The maximum Gasteiger partial charge on any atom is 0.416 e. The molecule has 2 aromatic carbocycles. The van der Waals surface area contributed by atoms with Crippen LogP contribution in [0.15, 0.2) is 59.8 Å². The van der Waals surface area contributed by atoms with Gasteiger partial charge in [-0.1, -0.05) is 42.1 Å². The first-order valence-corrected chi connectivity index (χ1v) is 13.2. The summed E-state index contributed by atoms with van der Waals surface area (Å²) in [5, 5.41) is 0.514. The van der Waals surface area contributed by atoms with Gasteiger partial charge in [-0.25, -0.2) is 4.98 Å². The molecule has 0 spiro atoms. The number of hydrogen-bond acceptors (Lipinski definition) is 4. The van der Waals surface area contributed by atoms with E-state index in [0.29, 0.717) is 22.8 Å². The van der Waals surface area contributed by atoms with Crippen molar-refractivity contribution in [2.45, 2.75) is 57.2 Å². The van der Waals surface area contributed by atoms with Crippen LogP contribution in [0.1, 0.15) is 45.7 Å². The zero-order valence-electron chi connectivity index (χ0n) is 20.7. The Bertz CT molecular complexity index is 1420. The van der Waals surface area contributed by atoms with E-state index in [1.54, 1.807) is 0 Å². The summed E-state index contributed by atoms with van der Waals surface area (Å²) in [5.74, 6) is 0.0973. The number of aryl methyl sites for hydroxylation is 1. The molecule has 5 rings (SSSR count). The number of nitrogens with zero attached hydrogens (tertiary/aromatic N) is 3. The fourth-order valence-corrected chi connectivity index (χ4v) is 5.77. The molecule has 194 valence electrons. The smallest absolute Gasteiger partial charge is 0.376 e. The van der Waals surface area contributed by atoms with Crippen LogP contribution in [-0.2, 0) is 24.0 Å². The summed E-state index contributed by atoms with van der Waals surface area (Å²) >= 11 is 1.25. The molecule has 0 amide bonds. The van der Waals surface area contributed by atoms with Crippen LogP contribution in [-0.4, -0.2) is 38.4 Å². The van der Waals surface area contributed by atoms with E-state index in [-0.39, 0.29) is 23.2 Å². The monoisotopic (exact) mass is 527 g/mol. The van der Waals surface area contributed by atoms with E-state index in [9.17, 15) is 18.0 Å². The van der Waals surface area contributed by atoms with Gasteiger partial charge in [0.25, 0.3) is 0 Å². The highest BCUT2D eigenvalue weighted by Crippen LogP contribution is 2.33. The van der Waals surface area contributed by atoms with E-state index in [1.165, 1.54) is 17.8 Å². The van der Waals surface area contributed by atoms with E-state index in [4.69, 9.17) is 4.74 Å². The van der Waals surface area contributed by atoms with Gasteiger partial charge in [0.15, 0.2) is 10.9 Å². The SMILES string of the molecule is Cc1cc(C(=O)CSc2nc3cc(C(F)(F)F)ccc3n2Cc2ccccc2)c(C)n1CC1CCCO1. The van der Waals surface area contributed by atoms with Crippen LogP contribution in [0.5, 0.6) is 0 Å². The van der Waals surface area contributed by atoms with Gasteiger partial charge in [-0.15, -0.1) is 0 Å². The highest BCUT2D eigenvalue weighted by Gasteiger charge is 2.31. The Balaban J connectivity index is 1.41. The van der Waals surface area contributed by atoms with Crippen LogP contribution < -0.4 is 0 Å². The summed E-state index contributed by atoms with van der Waals surface area (Å²) in [5.41, 5.74) is 3.69. The second-order valence-corrected chi connectivity index (χ2v) is 10.4. The molecule has 0 radical (unpaired) electrons. The molecule has 0 bridgehead atoms. The summed E-state index contributed by atoms with van der Waals surface area (Å²) in [6, 6.07) is 15.2. The minimum Gasteiger partial charge on any atom is -0.376 e. The molecule has 3 heterocycles. The number of halogens is 3. The van der Waals surface area contributed by atoms with Crippen LogP contribution >= 0.6 is 11.8 Å². The van der Waals surface area contributed by atoms with Crippen molar-refractivity contribution in [3.05, 3.63) is 82.7 Å². The zero-order chi connectivity index (χ0) is 26.2. The summed E-state index contributed by atoms with van der Waals surface area (Å²) in [6.07, 6.45) is -2.21. The van der Waals surface area contributed by atoms with Crippen molar-refractivity contribution in [2.75, 3.05) is 12.4 Å². The average molecular weight is 528 g/mol. The minimum absolute atomic E-state index is 0.0361. The lowest BCUT2D eigenvalue weighted by atomic mass is 10.2. The average Bonchev–Trinajstić information content (AvgIpc) is 3.58. The Morgan fingerprint density at radius 2 is 1.89 bits per heavy atom. The van der Waals surface area contributed by atoms with Gasteiger partial charge in [-0.05, 0) is 56.5 Å². The number of hydrogen-bond donors (Lipinski definition) is 0. The third-order valence-electron chi connectivity index (χ3n) is 6.84. The van der Waals surface area contributed by atoms with Gasteiger partial charge in [0, 0.05) is 30.1 Å². The van der Waals surface area contributed by atoms with Gasteiger partial charge < -0.3 is 13.9 Å². The lowest BCUT2D eigenvalue weighted by molar-refractivity contribution is -0.137. The molecule has 0 N–H and O–H groups in total. The number of rotatable bonds is 8. The summed E-state index contributed by atoms with van der Waals surface area (Å²) in [4.78, 5) is 17.8. The molecule has 1 unspecified atom stereocenters. The summed E-state index contributed by atoms with van der Waals surface area (Å²) < 4.78 is 49.7. The lowest BCUT2D eigenvalue weighted by Gasteiger charge is -2.14. The van der Waals surface area contributed by atoms with E-state index in [0.717, 1.165) is 55.1 Å². The Hall–Kier alpha value is -3.04. The van der Waals surface area contributed by atoms with Crippen molar-refractivity contribution < 1.29 is 22.7 Å². The Labute approximate surface area is 217 Å². The van der Waals surface area contributed by atoms with Gasteiger partial charge in [0.1, 0.15) is 0 Å². The van der Waals surface area contributed by atoms with E-state index in [2.05, 4.69) is 9.55 Å². The Kier molecular flexibility index (Phi) is 7.18. The molecule has 1 saturated heterocycles. The molecular weight excluding hydrogens is 499 g/mol. The number of carbonyl (C=O) groups excluding carboxylic acids is 1. The van der Waals surface area contributed by atoms with Crippen molar-refractivity contribution in [1.29, 1.82) is 0 Å². The van der Waals surface area contributed by atoms with Crippen molar-refractivity contribution in [2.24, 2.45) is 0 Å². The first kappa shape index (κ1) is 25.6. The van der Waals surface area contributed by atoms with Gasteiger partial charge in [-0.3, -0.25) is 4.79 Å². The number of alkyl halides is 3. The van der Waals surface area contributed by atoms with Gasteiger partial charge in [-0.2, -0.15) is 13.2 Å². The van der Waals surface area contributed by atoms with Crippen molar-refractivity contribution in [3.8, 4) is 0 Å². The number of benzene rings is 2. The Morgan fingerprint density at radius 1 is 1.11 bits per heavy atom. The van der Waals surface area contributed by atoms with Crippen molar-refractivity contribution in [3.63, 3.8) is 0 Å². The molecule has 2 aromatic heterocycles. The van der Waals surface area contributed by atoms with Crippen LogP contribution in [0, 0.1) is 13.8 Å². The first-order chi connectivity index (χ1) is 17.7. The number of fused-ring (bicyclic) bond motifs is 1. The molecule has 0 saturated carbocycles. The summed E-state index contributed by atoms with van der Waals surface area (Å²) in [6.45, 7) is 5.88. The van der Waals surface area contributed by atoms with Crippen LogP contribution in [0.4, 0.5) is 13.2 Å². The third-order valence-corrected chi connectivity index (χ3v) is 7.82. The number of carbonyl (C=O) groups is 1. The highest BCUT2D eigenvalue weighted by molar-refractivity contribution is 7.99. The first-order valence-electron chi connectivity index (χ1n) is 12.3. The standard InChI is InChI=1S/C28H28F3N3O2S/c1-18-13-23(19(2)33(18)16-22-9-6-12-36-22)26(35)17-37-27-32-24-14-21(28(29,30)31)10-11-25(24)34(27)15-20-7-4-3-5-8-20/h3-5,7-8,10-11,13-14,22H,6,9,12,15-17H2,1-2H3. The lowest BCUT2D eigenvalue weighted by Crippen LogP contribution is -2.17. The number of Topliss-reactive ketones (excluding diaryl/α,β-unsaturated/α-hetero) is 1. The van der Waals surface area contributed by atoms with Gasteiger partial charge in [0.2, 0.25) is 0 Å². The zero-order valence-corrected chi connectivity index (χ0v) is 21.5. The Morgan fingerprint density at radius 3 is 2.59 bits per heavy atom. The molecular formula is C28H28F3N3O2S. The number of ketones is 1. The highest BCUT2D eigenvalue weighted by atomic mass is 32.2. The molecule has 4 aromatic rings. The molecule has 1 aliphatic heterocycles. The maximum atomic E-state index is 13.3. The number of thioether (sulfide) groups is 1. The molecule has 37 heavy (non-hydrogen) atoms. The molecule has 1 aliphatic rings. The van der Waals surface area contributed by atoms with E-state index < -0.39 is 11.7 Å². The molecule has 0 aliphatic carbocycles. The van der Waals surface area contributed by atoms with E-state index >= 15 is 0 Å². The molecule has 1 fully saturated rings. The minimum atomic E-state index is -4.45. The van der Waals surface area contributed by atoms with Crippen molar-refractivity contribution >= 4 is 28.6 Å². The summed E-state index contributed by atoms with van der Waals surface area (Å²) in [7, 11) is 0. The van der Waals surface area contributed by atoms with Gasteiger partial charge in [0.05, 0.1) is 35.0 Å². The third kappa shape index (κ3) is 5.48. The molecule has 9 heteroatoms. The normalized spacial score (nSPS) is 16.1. The second kappa shape index (κ2) is 10.4. The van der Waals surface area contributed by atoms with Gasteiger partial charge >= 0.3 is 6.18 Å². The second-order valence-electron chi connectivity index (χ2n) is 9.41. The topological polar surface area (TPSA) is 49.0 Å². The predicted molar refractivity (Wildman–Crippen MR) is 138 cm³/mol. The van der Waals surface area contributed by atoms with E-state index in [1.807, 2.05) is 54.8 Å². The fraction of sp³-hybridized carbons (Fsp3) is 0.357. The molecule has 5 nitrogen and oxygen atoms in total. The fourth-order valence-electron chi connectivity index (χ4n) is 4.88. The number of imidazole rings is 1. The predicted octanol–water partition coefficient (Wildman–Crippen LogP) is 6.68. The van der Waals surface area contributed by atoms with Crippen LogP contribution in [0.3, 0.4) is 0 Å². The number of aromatic nitrogens is 3. The largest absolute Gasteiger partial charge is 0.416 e. The van der Waals surface area contributed by atoms with Crippen molar-refractivity contribution in [1.82, 2.24) is 14.1 Å². The van der Waals surface area contributed by atoms with Crippen LogP contribution in [0.2, 0.25) is 0 Å². The quantitative estimate of drug-likeness (QED) is 0.190. The van der Waals surface area contributed by atoms with Crippen LogP contribution in [0.25, 0.3) is 11.0 Å². The number of ether oxygens (including phenoxy) is 1. The maximum absolute atomic E-state index is 13.3.